The number of amides is 1. The van der Waals surface area contributed by atoms with E-state index in [2.05, 4.69) is 0 Å². The molecule has 0 spiro atoms. The van der Waals surface area contributed by atoms with E-state index in [9.17, 15) is 18.3 Å². The average Bonchev–Trinajstić information content (AvgIpc) is 2.38. The number of piperazine rings is 1. The van der Waals surface area contributed by atoms with Gasteiger partial charge >= 0.3 is 0 Å². The number of hydrogen-bond donors (Lipinski definition) is 1. The number of rotatable bonds is 2. The molecular formula is C12H16N2O4S. The zero-order valence-electron chi connectivity index (χ0n) is 10.6. The van der Waals surface area contributed by atoms with Crippen LogP contribution in [0.15, 0.2) is 24.3 Å². The quantitative estimate of drug-likeness (QED) is 0.836. The monoisotopic (exact) mass is 284 g/mol. The van der Waals surface area contributed by atoms with E-state index < -0.39 is 10.0 Å². The van der Waals surface area contributed by atoms with Crippen LogP contribution in [0.4, 0.5) is 0 Å². The second-order valence-electron chi connectivity index (χ2n) is 4.47. The molecule has 19 heavy (non-hydrogen) atoms. The molecule has 0 radical (unpaired) electrons. The molecule has 1 aromatic rings. The molecular weight excluding hydrogens is 268 g/mol. The molecule has 1 fully saturated rings. The van der Waals surface area contributed by atoms with E-state index >= 15 is 0 Å². The number of phenolic OH excluding ortho intramolecular Hbond substituents is 1. The molecule has 6 nitrogen and oxygen atoms in total. The number of sulfonamides is 1. The van der Waals surface area contributed by atoms with Gasteiger partial charge in [0, 0.05) is 26.2 Å². The lowest BCUT2D eigenvalue weighted by atomic mass is 10.1. The van der Waals surface area contributed by atoms with Crippen molar-refractivity contribution >= 4 is 15.9 Å². The Labute approximate surface area is 112 Å². The van der Waals surface area contributed by atoms with Crippen LogP contribution in [0.3, 0.4) is 0 Å². The van der Waals surface area contributed by atoms with Crippen LogP contribution in [0.5, 0.6) is 5.75 Å². The minimum absolute atomic E-state index is 0.0574. The fourth-order valence-corrected chi connectivity index (χ4v) is 2.87. The molecule has 7 heteroatoms. The third kappa shape index (κ3) is 3.05. The Kier molecular flexibility index (Phi) is 3.77. The summed E-state index contributed by atoms with van der Waals surface area (Å²) in [6, 6.07) is 6.34. The standard InChI is InChI=1S/C12H16N2O4S/c1-19(17,18)14-8-6-13(7-9-14)12(16)10-4-2-3-5-11(10)15/h2-5,15H,6-9H2,1H3. The van der Waals surface area contributed by atoms with Gasteiger partial charge in [0.05, 0.1) is 11.8 Å². The second-order valence-corrected chi connectivity index (χ2v) is 6.45. The van der Waals surface area contributed by atoms with Gasteiger partial charge in [0.1, 0.15) is 5.75 Å². The van der Waals surface area contributed by atoms with Gasteiger partial charge in [0.2, 0.25) is 10.0 Å². The Balaban J connectivity index is 2.07. The Hall–Kier alpha value is -1.60. The highest BCUT2D eigenvalue weighted by molar-refractivity contribution is 7.88. The van der Waals surface area contributed by atoms with Crippen molar-refractivity contribution in [1.29, 1.82) is 0 Å². The highest BCUT2D eigenvalue weighted by Crippen LogP contribution is 2.19. The first kappa shape index (κ1) is 13.8. The summed E-state index contributed by atoms with van der Waals surface area (Å²) in [5, 5.41) is 9.64. The van der Waals surface area contributed by atoms with Gasteiger partial charge in [-0.3, -0.25) is 4.79 Å². The van der Waals surface area contributed by atoms with E-state index in [0.29, 0.717) is 13.1 Å². The van der Waals surface area contributed by atoms with Gasteiger partial charge in [-0.1, -0.05) is 12.1 Å². The zero-order valence-corrected chi connectivity index (χ0v) is 11.4. The van der Waals surface area contributed by atoms with Crippen molar-refractivity contribution in [2.45, 2.75) is 0 Å². The normalized spacial score (nSPS) is 17.4. The predicted octanol–water partition coefficient (Wildman–Crippen LogP) is 0.110. The first-order valence-corrected chi connectivity index (χ1v) is 7.77. The van der Waals surface area contributed by atoms with E-state index in [1.807, 2.05) is 0 Å². The summed E-state index contributed by atoms with van der Waals surface area (Å²) in [4.78, 5) is 13.7. The number of phenols is 1. The van der Waals surface area contributed by atoms with Gasteiger partial charge in [0.25, 0.3) is 5.91 Å². The van der Waals surface area contributed by atoms with Crippen molar-refractivity contribution in [2.75, 3.05) is 32.4 Å². The third-order valence-electron chi connectivity index (χ3n) is 3.13. The number of para-hydroxylation sites is 1. The van der Waals surface area contributed by atoms with Gasteiger partial charge in [-0.2, -0.15) is 4.31 Å². The van der Waals surface area contributed by atoms with E-state index in [0.717, 1.165) is 6.26 Å². The molecule has 1 aliphatic rings. The van der Waals surface area contributed by atoms with Crippen LogP contribution < -0.4 is 0 Å². The van der Waals surface area contributed by atoms with Gasteiger partial charge in [-0.15, -0.1) is 0 Å². The SMILES string of the molecule is CS(=O)(=O)N1CCN(C(=O)c2ccccc2O)CC1. The highest BCUT2D eigenvalue weighted by Gasteiger charge is 2.27. The maximum absolute atomic E-state index is 12.2. The van der Waals surface area contributed by atoms with Crippen LogP contribution in [0.2, 0.25) is 0 Å². The lowest BCUT2D eigenvalue weighted by Gasteiger charge is -2.33. The van der Waals surface area contributed by atoms with Gasteiger partial charge in [-0.25, -0.2) is 8.42 Å². The van der Waals surface area contributed by atoms with Gasteiger partial charge in [0.15, 0.2) is 0 Å². The van der Waals surface area contributed by atoms with E-state index in [-0.39, 0.29) is 30.3 Å². The predicted molar refractivity (Wildman–Crippen MR) is 70.4 cm³/mol. The first-order valence-electron chi connectivity index (χ1n) is 5.92. The van der Waals surface area contributed by atoms with Crippen molar-refractivity contribution in [3.8, 4) is 5.75 Å². The third-order valence-corrected chi connectivity index (χ3v) is 4.43. The molecule has 0 aromatic heterocycles. The van der Waals surface area contributed by atoms with E-state index in [1.54, 1.807) is 23.1 Å². The van der Waals surface area contributed by atoms with E-state index in [4.69, 9.17) is 0 Å². The number of carbonyl (C=O) groups excluding carboxylic acids is 1. The molecule has 2 rings (SSSR count). The molecule has 0 atom stereocenters. The Bertz CT molecular complexity index is 577. The molecule has 1 N–H and O–H groups in total. The lowest BCUT2D eigenvalue weighted by Crippen LogP contribution is -2.50. The second kappa shape index (κ2) is 5.18. The van der Waals surface area contributed by atoms with Crippen LogP contribution in [0.1, 0.15) is 10.4 Å². The summed E-state index contributed by atoms with van der Waals surface area (Å²) >= 11 is 0. The Morgan fingerprint density at radius 1 is 1.16 bits per heavy atom. The smallest absolute Gasteiger partial charge is 0.257 e. The van der Waals surface area contributed by atoms with Crippen molar-refractivity contribution in [3.05, 3.63) is 29.8 Å². The molecule has 1 amide bonds. The molecule has 0 saturated carbocycles. The van der Waals surface area contributed by atoms with Crippen molar-refractivity contribution in [1.82, 2.24) is 9.21 Å². The molecule has 0 aliphatic carbocycles. The Morgan fingerprint density at radius 3 is 2.26 bits per heavy atom. The minimum Gasteiger partial charge on any atom is -0.507 e. The molecule has 1 aromatic carbocycles. The zero-order chi connectivity index (χ0) is 14.0. The van der Waals surface area contributed by atoms with Gasteiger partial charge < -0.3 is 10.0 Å². The fraction of sp³-hybridized carbons (Fsp3) is 0.417. The van der Waals surface area contributed by atoms with Crippen LogP contribution in [-0.4, -0.2) is 61.1 Å². The maximum Gasteiger partial charge on any atom is 0.257 e. The van der Waals surface area contributed by atoms with Crippen LogP contribution in [0, 0.1) is 0 Å². The fourth-order valence-electron chi connectivity index (χ4n) is 2.05. The van der Waals surface area contributed by atoms with Crippen LogP contribution in [0.25, 0.3) is 0 Å². The minimum atomic E-state index is -3.20. The van der Waals surface area contributed by atoms with Crippen molar-refractivity contribution < 1.29 is 18.3 Å². The van der Waals surface area contributed by atoms with E-state index in [1.165, 1.54) is 10.4 Å². The summed E-state index contributed by atoms with van der Waals surface area (Å²) < 4.78 is 24.1. The number of carbonyl (C=O) groups is 1. The molecule has 1 saturated heterocycles. The summed E-state index contributed by atoms with van der Waals surface area (Å²) in [6.45, 7) is 1.25. The van der Waals surface area contributed by atoms with Crippen LogP contribution in [-0.2, 0) is 10.0 Å². The summed E-state index contributed by atoms with van der Waals surface area (Å²) in [5.74, 6) is -0.329. The average molecular weight is 284 g/mol. The summed E-state index contributed by atoms with van der Waals surface area (Å²) in [6.07, 6.45) is 1.16. The van der Waals surface area contributed by atoms with Gasteiger partial charge in [-0.05, 0) is 12.1 Å². The highest BCUT2D eigenvalue weighted by atomic mass is 32.2. The first-order chi connectivity index (χ1) is 8.89. The molecule has 0 bridgehead atoms. The number of benzene rings is 1. The van der Waals surface area contributed by atoms with Crippen molar-refractivity contribution in [3.63, 3.8) is 0 Å². The Morgan fingerprint density at radius 2 is 1.74 bits per heavy atom. The molecule has 1 heterocycles. The molecule has 104 valence electrons. The topological polar surface area (TPSA) is 77.9 Å². The summed E-state index contributed by atoms with van der Waals surface area (Å²) in [7, 11) is -3.20. The number of nitrogens with zero attached hydrogens (tertiary/aromatic N) is 2. The molecule has 1 aliphatic heterocycles. The largest absolute Gasteiger partial charge is 0.507 e. The maximum atomic E-state index is 12.2. The summed E-state index contributed by atoms with van der Waals surface area (Å²) in [5.41, 5.74) is 0.246. The van der Waals surface area contributed by atoms with Crippen LogP contribution >= 0.6 is 0 Å². The molecule has 0 unspecified atom stereocenters. The number of hydrogen-bond acceptors (Lipinski definition) is 4. The number of aromatic hydroxyl groups is 1. The van der Waals surface area contributed by atoms with Crippen molar-refractivity contribution in [2.24, 2.45) is 0 Å². The lowest BCUT2D eigenvalue weighted by molar-refractivity contribution is 0.0695.